The molecular weight excluding hydrogens is 319 g/mol. The van der Waals surface area contributed by atoms with Gasteiger partial charge in [0.05, 0.1) is 0 Å². The molecule has 0 heterocycles. The van der Waals surface area contributed by atoms with Gasteiger partial charge in [-0.05, 0) is 54.6 Å². The van der Waals surface area contributed by atoms with Crippen LogP contribution in [0.4, 0.5) is 4.39 Å². The molecule has 3 nitrogen and oxygen atoms in total. The normalized spacial score (nSPS) is 48.2. The van der Waals surface area contributed by atoms with Crippen molar-refractivity contribution >= 4 is 11.8 Å². The van der Waals surface area contributed by atoms with Crippen molar-refractivity contribution in [3.63, 3.8) is 0 Å². The lowest BCUT2D eigenvalue weighted by molar-refractivity contribution is -0.159. The third kappa shape index (κ3) is 2.36. The van der Waals surface area contributed by atoms with Crippen LogP contribution in [0.3, 0.4) is 0 Å². The molecule has 0 spiro atoms. The van der Waals surface area contributed by atoms with E-state index in [0.717, 1.165) is 24.8 Å². The highest BCUT2D eigenvalue weighted by Crippen LogP contribution is 2.64. The van der Waals surface area contributed by atoms with E-state index in [4.69, 9.17) is 4.74 Å². The number of ether oxygens (including phenoxy) is 1. The predicted octanol–water partition coefficient (Wildman–Crippen LogP) is 4.17. The Bertz CT molecular complexity index is 681. The average Bonchev–Trinajstić information content (AvgIpc) is 2.83. The third-order valence-electron chi connectivity index (χ3n) is 7.63. The fourth-order valence-corrected chi connectivity index (χ4v) is 6.40. The molecule has 7 atom stereocenters. The zero-order valence-electron chi connectivity index (χ0n) is 15.3. The van der Waals surface area contributed by atoms with Crippen LogP contribution in [-0.2, 0) is 14.3 Å². The Morgan fingerprint density at radius 3 is 2.80 bits per heavy atom. The highest BCUT2D eigenvalue weighted by Gasteiger charge is 2.62. The van der Waals surface area contributed by atoms with Gasteiger partial charge < -0.3 is 4.74 Å². The van der Waals surface area contributed by atoms with Crippen molar-refractivity contribution in [3.8, 4) is 0 Å². The smallest absolute Gasteiger partial charge is 0.302 e. The van der Waals surface area contributed by atoms with E-state index in [0.29, 0.717) is 18.8 Å². The first-order valence-corrected chi connectivity index (χ1v) is 9.50. The lowest BCUT2D eigenvalue weighted by Crippen LogP contribution is -2.55. The van der Waals surface area contributed by atoms with Gasteiger partial charge in [0, 0.05) is 24.7 Å². The minimum Gasteiger partial charge on any atom is -0.462 e. The number of allylic oxidation sites excluding steroid dienone is 4. The molecule has 4 heteroatoms. The molecule has 4 aliphatic rings. The highest BCUT2D eigenvalue weighted by molar-refractivity contribution is 5.92. The summed E-state index contributed by atoms with van der Waals surface area (Å²) in [7, 11) is 0. The fraction of sp³-hybridized carbons (Fsp3) is 0.714. The second kappa shape index (κ2) is 5.52. The Morgan fingerprint density at radius 1 is 1.32 bits per heavy atom. The van der Waals surface area contributed by atoms with Crippen LogP contribution in [0, 0.1) is 28.6 Å². The van der Waals surface area contributed by atoms with Crippen LogP contribution in [0.5, 0.6) is 0 Å². The number of fused-ring (bicyclic) bond motifs is 5. The number of hydrogen-bond acceptors (Lipinski definition) is 3. The summed E-state index contributed by atoms with van der Waals surface area (Å²) in [5.74, 6) is 0.297. The van der Waals surface area contributed by atoms with Crippen molar-refractivity contribution in [2.45, 2.75) is 65.2 Å². The molecule has 0 aromatic rings. The van der Waals surface area contributed by atoms with E-state index >= 15 is 4.39 Å². The van der Waals surface area contributed by atoms with Crippen LogP contribution in [0.1, 0.15) is 52.9 Å². The second-order valence-electron chi connectivity index (χ2n) is 8.95. The number of rotatable bonds is 1. The summed E-state index contributed by atoms with van der Waals surface area (Å²) in [4.78, 5) is 23.3. The van der Waals surface area contributed by atoms with Crippen molar-refractivity contribution in [1.29, 1.82) is 0 Å². The minimum atomic E-state index is -0.936. The first-order valence-electron chi connectivity index (χ1n) is 9.50. The van der Waals surface area contributed by atoms with Gasteiger partial charge in [0.15, 0.2) is 5.78 Å². The Labute approximate surface area is 148 Å². The second-order valence-corrected chi connectivity index (χ2v) is 8.95. The summed E-state index contributed by atoms with van der Waals surface area (Å²) >= 11 is 0. The van der Waals surface area contributed by atoms with E-state index in [1.54, 1.807) is 6.08 Å². The van der Waals surface area contributed by atoms with Crippen molar-refractivity contribution in [2.24, 2.45) is 28.6 Å². The van der Waals surface area contributed by atoms with Gasteiger partial charge in [0.1, 0.15) is 12.3 Å². The lowest BCUT2D eigenvalue weighted by Gasteiger charge is -2.56. The molecule has 0 aromatic carbocycles. The van der Waals surface area contributed by atoms with Crippen molar-refractivity contribution < 1.29 is 18.7 Å². The summed E-state index contributed by atoms with van der Waals surface area (Å²) in [5, 5.41) is 0. The van der Waals surface area contributed by atoms with E-state index in [2.05, 4.69) is 26.0 Å². The average molecular weight is 346 g/mol. The van der Waals surface area contributed by atoms with E-state index in [-0.39, 0.29) is 40.5 Å². The molecule has 0 bridgehead atoms. The van der Waals surface area contributed by atoms with Gasteiger partial charge in [0.25, 0.3) is 0 Å². The maximum absolute atomic E-state index is 15.5. The number of carbonyl (C=O) groups is 2. The summed E-state index contributed by atoms with van der Waals surface area (Å²) < 4.78 is 21.1. The topological polar surface area (TPSA) is 43.4 Å². The highest BCUT2D eigenvalue weighted by atomic mass is 19.1. The standard InChI is InChI=1S/C21H27FO3/c1-12(23)25-18-7-6-16-15-5-4-13-10-14(24)8-9-20(13,2)19(15)17(22)11-21(16,18)3/h4-5,10,15-19H,6-9,11H2,1-3H3/t15-,16-,17-,18-,19+,20-,21-/m0/s1. The number of hydrogen-bond donors (Lipinski definition) is 0. The number of alkyl halides is 1. The van der Waals surface area contributed by atoms with Gasteiger partial charge in [-0.2, -0.15) is 0 Å². The Morgan fingerprint density at radius 2 is 2.08 bits per heavy atom. The van der Waals surface area contributed by atoms with E-state index < -0.39 is 6.17 Å². The van der Waals surface area contributed by atoms with Crippen LogP contribution in [0.2, 0.25) is 0 Å². The van der Waals surface area contributed by atoms with Crippen LogP contribution in [0.15, 0.2) is 23.8 Å². The third-order valence-corrected chi connectivity index (χ3v) is 7.63. The molecular formula is C21H27FO3. The molecule has 0 N–H and O–H groups in total. The van der Waals surface area contributed by atoms with Crippen molar-refractivity contribution in [3.05, 3.63) is 23.8 Å². The minimum absolute atomic E-state index is 0.0778. The number of halogens is 1. The number of ketones is 1. The number of esters is 1. The van der Waals surface area contributed by atoms with Crippen LogP contribution in [-0.4, -0.2) is 24.0 Å². The molecule has 4 rings (SSSR count). The zero-order chi connectivity index (χ0) is 18.0. The fourth-order valence-electron chi connectivity index (χ4n) is 6.40. The molecule has 0 saturated heterocycles. The summed E-state index contributed by atoms with van der Waals surface area (Å²) in [5.41, 5.74) is 0.456. The first kappa shape index (κ1) is 17.0. The quantitative estimate of drug-likeness (QED) is 0.669. The van der Waals surface area contributed by atoms with Gasteiger partial charge >= 0.3 is 5.97 Å². The molecule has 0 radical (unpaired) electrons. The van der Waals surface area contributed by atoms with Gasteiger partial charge in [-0.3, -0.25) is 9.59 Å². The van der Waals surface area contributed by atoms with E-state index in [1.165, 1.54) is 6.92 Å². The molecule has 4 aliphatic carbocycles. The Kier molecular flexibility index (Phi) is 3.75. The molecule has 136 valence electrons. The van der Waals surface area contributed by atoms with E-state index in [1.807, 2.05) is 0 Å². The zero-order valence-corrected chi connectivity index (χ0v) is 15.3. The van der Waals surface area contributed by atoms with Crippen molar-refractivity contribution in [1.82, 2.24) is 0 Å². The molecule has 0 aromatic heterocycles. The summed E-state index contributed by atoms with van der Waals surface area (Å²) in [6.45, 7) is 5.68. The van der Waals surface area contributed by atoms with Crippen molar-refractivity contribution in [2.75, 3.05) is 0 Å². The Hall–Kier alpha value is -1.45. The summed E-state index contributed by atoms with van der Waals surface area (Å²) in [6.07, 6.45) is 8.31. The van der Waals surface area contributed by atoms with Gasteiger partial charge in [-0.15, -0.1) is 0 Å². The predicted molar refractivity (Wildman–Crippen MR) is 92.4 cm³/mol. The van der Waals surface area contributed by atoms with Crippen LogP contribution >= 0.6 is 0 Å². The van der Waals surface area contributed by atoms with Crippen LogP contribution < -0.4 is 0 Å². The SMILES string of the molecule is CC(=O)O[C@H]1CC[C@H]2[C@@H]3C=CC4=CC(=O)CC[C@]4(C)[C@H]3[C@@H](F)C[C@]12C. The van der Waals surface area contributed by atoms with Gasteiger partial charge in [0.2, 0.25) is 0 Å². The maximum Gasteiger partial charge on any atom is 0.302 e. The lowest BCUT2D eigenvalue weighted by atomic mass is 9.48. The molecule has 25 heavy (non-hydrogen) atoms. The molecule has 2 saturated carbocycles. The Balaban J connectivity index is 1.72. The first-order chi connectivity index (χ1) is 11.8. The summed E-state index contributed by atoms with van der Waals surface area (Å²) in [6, 6.07) is 0. The molecule has 0 unspecified atom stereocenters. The maximum atomic E-state index is 15.5. The number of carbonyl (C=O) groups excluding carboxylic acids is 2. The molecule has 0 aliphatic heterocycles. The molecule has 0 amide bonds. The molecule has 2 fully saturated rings. The van der Waals surface area contributed by atoms with Gasteiger partial charge in [-0.25, -0.2) is 4.39 Å². The monoisotopic (exact) mass is 346 g/mol. The largest absolute Gasteiger partial charge is 0.462 e. The van der Waals surface area contributed by atoms with E-state index in [9.17, 15) is 9.59 Å². The van der Waals surface area contributed by atoms with Gasteiger partial charge in [-0.1, -0.05) is 26.0 Å². The van der Waals surface area contributed by atoms with Crippen LogP contribution in [0.25, 0.3) is 0 Å².